The molecule has 2 aromatic heterocycles. The van der Waals surface area contributed by atoms with Crippen LogP contribution in [0.2, 0.25) is 0 Å². The molecule has 6 heteroatoms. The van der Waals surface area contributed by atoms with Gasteiger partial charge in [0.05, 0.1) is 16.4 Å². The van der Waals surface area contributed by atoms with Gasteiger partial charge in [0.15, 0.2) is 0 Å². The van der Waals surface area contributed by atoms with Gasteiger partial charge in [-0.05, 0) is 51.8 Å². The molecule has 0 bridgehead atoms. The molecule has 0 spiro atoms. The van der Waals surface area contributed by atoms with Crippen LogP contribution in [0.15, 0.2) is 22.3 Å². The van der Waals surface area contributed by atoms with Crippen LogP contribution >= 0.6 is 11.3 Å². The van der Waals surface area contributed by atoms with Crippen LogP contribution in [0.1, 0.15) is 29.2 Å². The molecule has 0 atom stereocenters. The molecule has 1 aliphatic rings. The van der Waals surface area contributed by atoms with Crippen molar-refractivity contribution in [2.75, 3.05) is 13.1 Å². The van der Waals surface area contributed by atoms with Gasteiger partial charge < -0.3 is 0 Å². The Morgan fingerprint density at radius 2 is 2.05 bits per heavy atom. The number of likely N-dealkylation sites (tertiary alicyclic amines) is 1. The molecule has 1 aliphatic heterocycles. The van der Waals surface area contributed by atoms with Crippen molar-refractivity contribution >= 4 is 11.3 Å². The molecular formula is C16H22N4OS. The van der Waals surface area contributed by atoms with E-state index >= 15 is 0 Å². The summed E-state index contributed by atoms with van der Waals surface area (Å²) in [4.78, 5) is 18.8. The first kappa shape index (κ1) is 15.4. The van der Waals surface area contributed by atoms with Crippen LogP contribution in [0.5, 0.6) is 0 Å². The van der Waals surface area contributed by atoms with Crippen molar-refractivity contribution in [3.63, 3.8) is 0 Å². The molecule has 0 saturated carbocycles. The van der Waals surface area contributed by atoms with Crippen molar-refractivity contribution in [2.24, 2.45) is 5.92 Å². The third-order valence-corrected chi connectivity index (χ3v) is 5.01. The Morgan fingerprint density at radius 1 is 1.27 bits per heavy atom. The molecule has 118 valence electrons. The second-order valence-corrected chi connectivity index (χ2v) is 7.13. The van der Waals surface area contributed by atoms with Crippen molar-refractivity contribution in [1.82, 2.24) is 19.7 Å². The maximum Gasteiger partial charge on any atom is 0.266 e. The molecule has 1 saturated heterocycles. The molecule has 0 radical (unpaired) electrons. The Bertz CT molecular complexity index is 685. The van der Waals surface area contributed by atoms with Crippen molar-refractivity contribution in [3.05, 3.63) is 44.3 Å². The molecule has 0 aliphatic carbocycles. The average Bonchev–Trinajstić information content (AvgIpc) is 2.90. The summed E-state index contributed by atoms with van der Waals surface area (Å²) in [6.07, 6.45) is 2.23. The van der Waals surface area contributed by atoms with E-state index in [1.54, 1.807) is 28.2 Å². The largest absolute Gasteiger partial charge is 0.297 e. The molecule has 0 N–H and O–H groups in total. The number of aryl methyl sites for hydroxylation is 2. The number of aromatic nitrogens is 3. The summed E-state index contributed by atoms with van der Waals surface area (Å²) in [5, 5.41) is 7.62. The number of nitrogens with zero attached hydrogens (tertiary/aromatic N) is 4. The summed E-state index contributed by atoms with van der Waals surface area (Å²) in [6, 6.07) is 3.39. The zero-order valence-electron chi connectivity index (χ0n) is 13.2. The molecule has 1 fully saturated rings. The minimum Gasteiger partial charge on any atom is -0.297 e. The van der Waals surface area contributed by atoms with Gasteiger partial charge in [0.25, 0.3) is 5.56 Å². The second kappa shape index (κ2) is 6.71. The van der Waals surface area contributed by atoms with Gasteiger partial charge in [-0.3, -0.25) is 9.69 Å². The normalized spacial score (nSPS) is 17.0. The fourth-order valence-electron chi connectivity index (χ4n) is 2.96. The summed E-state index contributed by atoms with van der Waals surface area (Å²) in [5.41, 5.74) is 2.08. The maximum absolute atomic E-state index is 11.8. The Hall–Kier alpha value is -1.53. The van der Waals surface area contributed by atoms with E-state index in [0.29, 0.717) is 5.92 Å². The molecule has 5 nitrogen and oxygen atoms in total. The molecule has 2 aromatic rings. The number of hydrogen-bond donors (Lipinski definition) is 0. The average molecular weight is 318 g/mol. The first-order valence-electron chi connectivity index (χ1n) is 7.78. The van der Waals surface area contributed by atoms with E-state index in [9.17, 15) is 4.79 Å². The second-order valence-electron chi connectivity index (χ2n) is 6.07. The molecule has 0 unspecified atom stereocenters. The fraction of sp³-hybridized carbons (Fsp3) is 0.562. The van der Waals surface area contributed by atoms with E-state index in [-0.39, 0.29) is 5.56 Å². The first-order valence-corrected chi connectivity index (χ1v) is 8.66. The lowest BCUT2D eigenvalue weighted by Crippen LogP contribution is -2.36. The van der Waals surface area contributed by atoms with E-state index < -0.39 is 0 Å². The van der Waals surface area contributed by atoms with Crippen molar-refractivity contribution in [1.29, 1.82) is 0 Å². The highest BCUT2D eigenvalue weighted by molar-refractivity contribution is 7.09. The lowest BCUT2D eigenvalue weighted by atomic mass is 9.97. The predicted octanol–water partition coefficient (Wildman–Crippen LogP) is 2.23. The molecule has 0 aromatic carbocycles. The topological polar surface area (TPSA) is 51.0 Å². The zero-order chi connectivity index (χ0) is 15.5. The quantitative estimate of drug-likeness (QED) is 0.867. The van der Waals surface area contributed by atoms with Gasteiger partial charge in [0, 0.05) is 24.5 Å². The Kier molecular flexibility index (Phi) is 4.69. The SMILES string of the molecule is Cc1ccc(=O)n(CC2CCN(Cc3csc(C)n3)CC2)n1. The van der Waals surface area contributed by atoms with Gasteiger partial charge in [-0.2, -0.15) is 5.10 Å². The van der Waals surface area contributed by atoms with Crippen molar-refractivity contribution in [3.8, 4) is 0 Å². The molecule has 0 amide bonds. The van der Waals surface area contributed by atoms with E-state index in [1.165, 1.54) is 5.69 Å². The summed E-state index contributed by atoms with van der Waals surface area (Å²) in [5.74, 6) is 0.542. The third kappa shape index (κ3) is 3.81. The van der Waals surface area contributed by atoms with E-state index in [2.05, 4.69) is 20.4 Å². The number of hydrogen-bond acceptors (Lipinski definition) is 5. The Morgan fingerprint density at radius 3 is 2.73 bits per heavy atom. The number of rotatable bonds is 4. The summed E-state index contributed by atoms with van der Waals surface area (Å²) in [6.45, 7) is 7.80. The first-order chi connectivity index (χ1) is 10.6. The molecule has 3 heterocycles. The van der Waals surface area contributed by atoms with Crippen LogP contribution in [-0.4, -0.2) is 32.8 Å². The van der Waals surface area contributed by atoms with Crippen LogP contribution < -0.4 is 5.56 Å². The van der Waals surface area contributed by atoms with Gasteiger partial charge in [-0.15, -0.1) is 11.3 Å². The number of piperidine rings is 1. The highest BCUT2D eigenvalue weighted by Gasteiger charge is 2.20. The highest BCUT2D eigenvalue weighted by atomic mass is 32.1. The monoisotopic (exact) mass is 318 g/mol. The summed E-state index contributed by atoms with van der Waals surface area (Å²) >= 11 is 1.71. The van der Waals surface area contributed by atoms with E-state index in [4.69, 9.17) is 0 Å². The molecule has 3 rings (SSSR count). The van der Waals surface area contributed by atoms with Gasteiger partial charge >= 0.3 is 0 Å². The van der Waals surface area contributed by atoms with Crippen LogP contribution in [-0.2, 0) is 13.1 Å². The smallest absolute Gasteiger partial charge is 0.266 e. The summed E-state index contributed by atoms with van der Waals surface area (Å²) in [7, 11) is 0. The van der Waals surface area contributed by atoms with Gasteiger partial charge in [0.1, 0.15) is 0 Å². The lowest BCUT2D eigenvalue weighted by molar-refractivity contribution is 0.162. The van der Waals surface area contributed by atoms with Crippen LogP contribution in [0.25, 0.3) is 0 Å². The van der Waals surface area contributed by atoms with Gasteiger partial charge in [0.2, 0.25) is 0 Å². The predicted molar refractivity (Wildman–Crippen MR) is 88.1 cm³/mol. The highest BCUT2D eigenvalue weighted by Crippen LogP contribution is 2.20. The van der Waals surface area contributed by atoms with Crippen LogP contribution in [0.3, 0.4) is 0 Å². The van der Waals surface area contributed by atoms with Gasteiger partial charge in [-0.25, -0.2) is 9.67 Å². The van der Waals surface area contributed by atoms with Crippen LogP contribution in [0.4, 0.5) is 0 Å². The minimum atomic E-state index is 0.00554. The molecule has 22 heavy (non-hydrogen) atoms. The van der Waals surface area contributed by atoms with Crippen LogP contribution in [0, 0.1) is 19.8 Å². The maximum atomic E-state index is 11.8. The molecular weight excluding hydrogens is 296 g/mol. The third-order valence-electron chi connectivity index (χ3n) is 4.19. The fourth-order valence-corrected chi connectivity index (χ4v) is 3.57. The van der Waals surface area contributed by atoms with E-state index in [0.717, 1.165) is 49.7 Å². The van der Waals surface area contributed by atoms with E-state index in [1.807, 2.05) is 13.8 Å². The Balaban J connectivity index is 1.53. The summed E-state index contributed by atoms with van der Waals surface area (Å²) < 4.78 is 1.62. The van der Waals surface area contributed by atoms with Crippen molar-refractivity contribution < 1.29 is 0 Å². The van der Waals surface area contributed by atoms with Gasteiger partial charge in [-0.1, -0.05) is 0 Å². The van der Waals surface area contributed by atoms with Crippen molar-refractivity contribution in [2.45, 2.75) is 39.8 Å². The number of thiazole rings is 1. The zero-order valence-corrected chi connectivity index (χ0v) is 14.0. The minimum absolute atomic E-state index is 0.00554. The lowest BCUT2D eigenvalue weighted by Gasteiger charge is -2.31. The standard InChI is InChI=1S/C16H22N4OS/c1-12-3-4-16(21)20(18-12)9-14-5-7-19(8-6-14)10-15-11-22-13(2)17-15/h3-4,11,14H,5-10H2,1-2H3. The Labute approximate surface area is 134 Å².